The van der Waals surface area contributed by atoms with Gasteiger partial charge >= 0.3 is 0 Å². The molecule has 3 nitrogen and oxygen atoms in total. The average Bonchev–Trinajstić information content (AvgIpc) is 2.14. The van der Waals surface area contributed by atoms with Gasteiger partial charge in [0.1, 0.15) is 0 Å². The second-order valence-corrected chi connectivity index (χ2v) is 4.72. The molecule has 0 N–H and O–H groups in total. The fraction of sp³-hybridized carbons (Fsp3) is 1.00. The summed E-state index contributed by atoms with van der Waals surface area (Å²) in [5, 5.41) is 0. The Morgan fingerprint density at radius 2 is 2.00 bits per heavy atom. The first-order valence-electron chi connectivity index (χ1n) is 5.62. The second kappa shape index (κ2) is 10.4. The Labute approximate surface area is 85.4 Å². The highest BCUT2D eigenvalue weighted by molar-refractivity contribution is 7.50. The smallest absolute Gasteiger partial charge is 0.0700 e. The van der Waals surface area contributed by atoms with Crippen LogP contribution < -0.4 is 0 Å². The van der Waals surface area contributed by atoms with Crippen molar-refractivity contribution in [3.63, 3.8) is 0 Å². The number of hydrogen-bond donors (Lipinski definition) is 0. The molecule has 0 aliphatic heterocycles. The third-order valence-corrected chi connectivity index (χ3v) is 2.08. The Bertz CT molecular complexity index is 123. The highest BCUT2D eigenvalue weighted by Gasteiger charge is 1.93. The maximum Gasteiger partial charge on any atom is 0.0700 e. The Morgan fingerprint density at radius 3 is 2.69 bits per heavy atom. The zero-order valence-electron chi connectivity index (χ0n) is 10.5. The van der Waals surface area contributed by atoms with Gasteiger partial charge in [-0.1, -0.05) is 0 Å². The molecule has 0 aromatic carbocycles. The molecule has 80 valence electrons. The van der Waals surface area contributed by atoms with E-state index in [9.17, 15) is 0 Å². The fourth-order valence-electron chi connectivity index (χ4n) is 0.762. The van der Waals surface area contributed by atoms with E-state index in [0.717, 1.165) is 19.4 Å². The van der Waals surface area contributed by atoms with Crippen LogP contribution in [-0.4, -0.2) is 46.8 Å². The average molecular weight is 211 g/mol. The quantitative estimate of drug-likeness (QED) is 0.432. The lowest BCUT2D eigenvalue weighted by Crippen LogP contribution is -2.03. The van der Waals surface area contributed by atoms with Crippen LogP contribution in [0.5, 0.6) is 0 Å². The minimum Gasteiger partial charge on any atom is -0.382 e. The van der Waals surface area contributed by atoms with E-state index in [1.54, 1.807) is 0 Å². The van der Waals surface area contributed by atoms with Crippen molar-refractivity contribution in [3.8, 4) is 0 Å². The van der Waals surface area contributed by atoms with Crippen molar-refractivity contribution in [1.82, 2.24) is 0 Å². The van der Waals surface area contributed by atoms with Gasteiger partial charge in [-0.2, -0.15) is 0 Å². The molecule has 0 saturated carbocycles. The molecule has 0 aliphatic rings. The zero-order valence-corrected chi connectivity index (χ0v) is 9.39. The predicted octanol–water partition coefficient (Wildman–Crippen LogP) is 2.10. The summed E-state index contributed by atoms with van der Waals surface area (Å²) in [5.74, 6) is 0. The summed E-state index contributed by atoms with van der Waals surface area (Å²) in [6.07, 6.45) is 2.00. The second-order valence-electron chi connectivity index (χ2n) is 2.84. The summed E-state index contributed by atoms with van der Waals surface area (Å²) in [7, 11) is -1.44. The number of hydrogen-bond acceptors (Lipinski definition) is 3. The van der Waals surface area contributed by atoms with Gasteiger partial charge in [-0.3, -0.25) is 0 Å². The van der Waals surface area contributed by atoms with Gasteiger partial charge in [0.05, 0.1) is 22.6 Å². The molecular formula is C9H21O3P. The predicted molar refractivity (Wildman–Crippen MR) is 56.6 cm³/mol. The summed E-state index contributed by atoms with van der Waals surface area (Å²) in [6, 6.07) is 0. The van der Waals surface area contributed by atoms with Crippen molar-refractivity contribution in [2.75, 3.05) is 46.8 Å². The van der Waals surface area contributed by atoms with E-state index in [2.05, 4.69) is 18.1 Å². The molecular weight excluding hydrogens is 187 g/mol. The third-order valence-electron chi connectivity index (χ3n) is 1.38. The molecule has 0 fully saturated rings. The van der Waals surface area contributed by atoms with Crippen molar-refractivity contribution in [2.24, 2.45) is 0 Å². The van der Waals surface area contributed by atoms with E-state index in [1.807, 2.05) is 0 Å². The first-order chi connectivity index (χ1) is 7.13. The Balaban J connectivity index is 2.93. The summed E-state index contributed by atoms with van der Waals surface area (Å²) in [4.78, 5) is 0. The minimum atomic E-state index is -1.20. The molecule has 0 bridgehead atoms. The first-order valence-corrected chi connectivity index (χ1v) is 6.62. The van der Waals surface area contributed by atoms with Gasteiger partial charge in [0.25, 0.3) is 0 Å². The molecule has 0 heterocycles. The van der Waals surface area contributed by atoms with Gasteiger partial charge in [0.15, 0.2) is 0 Å². The SMILES string of the molecule is [2H]C([3H])OCCOCCCCOP(C)C. The minimum absolute atomic E-state index is 0.241. The van der Waals surface area contributed by atoms with Crippen LogP contribution in [0.1, 0.15) is 15.6 Å². The fourth-order valence-corrected chi connectivity index (χ4v) is 1.26. The van der Waals surface area contributed by atoms with Gasteiger partial charge in [-0.25, -0.2) is 0 Å². The third kappa shape index (κ3) is 12.3. The van der Waals surface area contributed by atoms with Crippen LogP contribution in [0.4, 0.5) is 0 Å². The van der Waals surface area contributed by atoms with Crippen LogP contribution in [-0.2, 0) is 14.0 Å². The number of ether oxygens (including phenoxy) is 2. The standard InChI is InChI=1S/C9H21O3P/c1-10-8-9-11-6-4-5-7-12-13(2)3/h4-9H2,1-3H3/i1TD. The van der Waals surface area contributed by atoms with Gasteiger partial charge in [0.2, 0.25) is 0 Å². The molecule has 0 aromatic heterocycles. The van der Waals surface area contributed by atoms with E-state index in [1.165, 1.54) is 0 Å². The molecule has 0 aliphatic carbocycles. The number of rotatable bonds is 9. The summed E-state index contributed by atoms with van der Waals surface area (Å²) >= 11 is 0. The lowest BCUT2D eigenvalue weighted by Gasteiger charge is -2.07. The Hall–Kier alpha value is 0.310. The van der Waals surface area contributed by atoms with E-state index >= 15 is 0 Å². The summed E-state index contributed by atoms with van der Waals surface area (Å²) in [6.45, 7) is 6.45. The molecule has 0 spiro atoms. The molecule has 4 heteroatoms. The zero-order chi connectivity index (χ0) is 11.5. The molecule has 0 radical (unpaired) electrons. The molecule has 13 heavy (non-hydrogen) atoms. The lowest BCUT2D eigenvalue weighted by molar-refractivity contribution is 0.0676. The van der Waals surface area contributed by atoms with Crippen LogP contribution in [0, 0.1) is 0 Å². The molecule has 0 aromatic rings. The van der Waals surface area contributed by atoms with Crippen molar-refractivity contribution in [3.05, 3.63) is 0 Å². The van der Waals surface area contributed by atoms with E-state index in [-0.39, 0.29) is 8.15 Å². The van der Waals surface area contributed by atoms with Crippen LogP contribution in [0.15, 0.2) is 0 Å². The van der Waals surface area contributed by atoms with Crippen molar-refractivity contribution < 1.29 is 16.7 Å². The topological polar surface area (TPSA) is 27.7 Å². The monoisotopic (exact) mass is 211 g/mol. The normalized spacial score (nSPS) is 15.6. The van der Waals surface area contributed by atoms with Crippen molar-refractivity contribution >= 4 is 8.15 Å². The van der Waals surface area contributed by atoms with Crippen LogP contribution in [0.25, 0.3) is 0 Å². The first kappa shape index (κ1) is 9.85. The molecule has 1 unspecified atom stereocenters. The maximum atomic E-state index is 6.76. The van der Waals surface area contributed by atoms with E-state index < -0.39 is 7.06 Å². The molecule has 0 saturated heterocycles. The Morgan fingerprint density at radius 1 is 1.23 bits per heavy atom. The Kier molecular flexibility index (Phi) is 7.87. The molecule has 1 atom stereocenters. The highest BCUT2D eigenvalue weighted by atomic mass is 31.1. The summed E-state index contributed by atoms with van der Waals surface area (Å²) in [5.41, 5.74) is 0. The largest absolute Gasteiger partial charge is 0.382 e. The van der Waals surface area contributed by atoms with Gasteiger partial charge in [0, 0.05) is 21.8 Å². The van der Waals surface area contributed by atoms with E-state index in [4.69, 9.17) is 12.0 Å². The molecule has 0 rings (SSSR count). The van der Waals surface area contributed by atoms with Crippen LogP contribution in [0.2, 0.25) is 0 Å². The highest BCUT2D eigenvalue weighted by Crippen LogP contribution is 2.25. The number of unbranched alkanes of at least 4 members (excludes halogenated alkanes) is 1. The van der Waals surface area contributed by atoms with Gasteiger partial charge in [-0.15, -0.1) is 0 Å². The number of methoxy groups -OCH3 is 1. The van der Waals surface area contributed by atoms with Gasteiger partial charge in [-0.05, 0) is 26.2 Å². The molecule has 0 amide bonds. The van der Waals surface area contributed by atoms with E-state index in [0.29, 0.717) is 19.8 Å². The van der Waals surface area contributed by atoms with Crippen molar-refractivity contribution in [2.45, 2.75) is 12.8 Å². The van der Waals surface area contributed by atoms with Crippen LogP contribution in [0.3, 0.4) is 0 Å². The van der Waals surface area contributed by atoms with Gasteiger partial charge < -0.3 is 14.0 Å². The summed E-state index contributed by atoms with van der Waals surface area (Å²) < 4.78 is 28.9. The lowest BCUT2D eigenvalue weighted by atomic mass is 10.3. The maximum absolute atomic E-state index is 6.76. The van der Waals surface area contributed by atoms with Crippen molar-refractivity contribution in [1.29, 1.82) is 0 Å². The van der Waals surface area contributed by atoms with Crippen LogP contribution >= 0.6 is 8.15 Å².